The van der Waals surface area contributed by atoms with Crippen LogP contribution in [0.15, 0.2) is 0 Å². The SMILES string of the molecule is CCOCCCN1C(=O)CNC1C1CCCC1. The number of ether oxygens (including phenoxy) is 1. The zero-order valence-corrected chi connectivity index (χ0v) is 10.8. The Kier molecular flexibility index (Phi) is 4.80. The van der Waals surface area contributed by atoms with Crippen molar-refractivity contribution in [1.29, 1.82) is 0 Å². The highest BCUT2D eigenvalue weighted by atomic mass is 16.5. The molecule has 2 rings (SSSR count). The monoisotopic (exact) mass is 240 g/mol. The summed E-state index contributed by atoms with van der Waals surface area (Å²) >= 11 is 0. The summed E-state index contributed by atoms with van der Waals surface area (Å²) in [4.78, 5) is 13.9. The minimum atomic E-state index is 0.262. The molecule has 4 heteroatoms. The number of hydrogen-bond donors (Lipinski definition) is 1. The van der Waals surface area contributed by atoms with Gasteiger partial charge in [0.15, 0.2) is 0 Å². The minimum Gasteiger partial charge on any atom is -0.382 e. The molecule has 98 valence electrons. The van der Waals surface area contributed by atoms with Gasteiger partial charge in [-0.15, -0.1) is 0 Å². The largest absolute Gasteiger partial charge is 0.382 e. The first-order valence-corrected chi connectivity index (χ1v) is 6.93. The number of amides is 1. The highest BCUT2D eigenvalue weighted by Gasteiger charge is 2.36. The van der Waals surface area contributed by atoms with Crippen LogP contribution in [0.3, 0.4) is 0 Å². The molecular formula is C13H24N2O2. The van der Waals surface area contributed by atoms with Gasteiger partial charge in [0.1, 0.15) is 0 Å². The summed E-state index contributed by atoms with van der Waals surface area (Å²) in [5.74, 6) is 0.937. The van der Waals surface area contributed by atoms with Crippen molar-refractivity contribution in [3.63, 3.8) is 0 Å². The Bertz CT molecular complexity index is 252. The van der Waals surface area contributed by atoms with E-state index < -0.39 is 0 Å². The van der Waals surface area contributed by atoms with Gasteiger partial charge in [-0.05, 0) is 32.1 Å². The number of carbonyl (C=O) groups excluding carboxylic acids is 1. The number of hydrogen-bond acceptors (Lipinski definition) is 3. The van der Waals surface area contributed by atoms with Gasteiger partial charge in [-0.3, -0.25) is 10.1 Å². The van der Waals surface area contributed by atoms with Crippen LogP contribution >= 0.6 is 0 Å². The van der Waals surface area contributed by atoms with Gasteiger partial charge in [0, 0.05) is 19.8 Å². The van der Waals surface area contributed by atoms with E-state index in [1.165, 1.54) is 25.7 Å². The maximum Gasteiger partial charge on any atom is 0.237 e. The van der Waals surface area contributed by atoms with Gasteiger partial charge in [-0.25, -0.2) is 0 Å². The van der Waals surface area contributed by atoms with Crippen molar-refractivity contribution in [2.24, 2.45) is 5.92 Å². The molecular weight excluding hydrogens is 216 g/mol. The summed E-state index contributed by atoms with van der Waals surface area (Å²) in [6, 6.07) is 0. The van der Waals surface area contributed by atoms with E-state index in [1.807, 2.05) is 11.8 Å². The minimum absolute atomic E-state index is 0.262. The molecule has 2 fully saturated rings. The molecule has 2 aliphatic rings. The third kappa shape index (κ3) is 3.19. The van der Waals surface area contributed by atoms with Crippen LogP contribution in [-0.2, 0) is 9.53 Å². The van der Waals surface area contributed by atoms with Gasteiger partial charge in [0.25, 0.3) is 0 Å². The zero-order valence-electron chi connectivity index (χ0n) is 10.8. The number of nitrogens with one attached hydrogen (secondary N) is 1. The standard InChI is InChI=1S/C13H24N2O2/c1-2-17-9-5-8-15-12(16)10-14-13(15)11-6-3-4-7-11/h11,13-14H,2-10H2,1H3. The first-order chi connectivity index (χ1) is 8.33. The Balaban J connectivity index is 1.81. The third-order valence-corrected chi connectivity index (χ3v) is 3.86. The number of rotatable bonds is 6. The Morgan fingerprint density at radius 1 is 1.41 bits per heavy atom. The summed E-state index contributed by atoms with van der Waals surface area (Å²) in [7, 11) is 0. The van der Waals surface area contributed by atoms with Crippen LogP contribution in [0.2, 0.25) is 0 Å². The highest BCUT2D eigenvalue weighted by molar-refractivity contribution is 5.80. The molecule has 4 nitrogen and oxygen atoms in total. The Labute approximate surface area is 104 Å². The molecule has 0 radical (unpaired) electrons. The van der Waals surface area contributed by atoms with Crippen molar-refractivity contribution < 1.29 is 9.53 Å². The van der Waals surface area contributed by atoms with E-state index in [4.69, 9.17) is 4.74 Å². The van der Waals surface area contributed by atoms with Gasteiger partial charge >= 0.3 is 0 Å². The van der Waals surface area contributed by atoms with Crippen LogP contribution in [0.25, 0.3) is 0 Å². The van der Waals surface area contributed by atoms with Crippen LogP contribution in [0.1, 0.15) is 39.0 Å². The van der Waals surface area contributed by atoms with E-state index in [1.54, 1.807) is 0 Å². The normalized spacial score (nSPS) is 26.1. The van der Waals surface area contributed by atoms with E-state index in [-0.39, 0.29) is 5.91 Å². The molecule has 1 saturated carbocycles. The Morgan fingerprint density at radius 3 is 2.88 bits per heavy atom. The lowest BCUT2D eigenvalue weighted by atomic mass is 10.0. The molecule has 0 bridgehead atoms. The van der Waals surface area contributed by atoms with E-state index in [9.17, 15) is 4.79 Å². The van der Waals surface area contributed by atoms with Crippen molar-refractivity contribution >= 4 is 5.91 Å². The molecule has 0 spiro atoms. The lowest BCUT2D eigenvalue weighted by Gasteiger charge is -2.29. The molecule has 1 unspecified atom stereocenters. The van der Waals surface area contributed by atoms with Crippen molar-refractivity contribution in [2.45, 2.75) is 45.2 Å². The van der Waals surface area contributed by atoms with Gasteiger partial charge in [-0.2, -0.15) is 0 Å². The average Bonchev–Trinajstić information content (AvgIpc) is 2.94. The smallest absolute Gasteiger partial charge is 0.237 e. The fraction of sp³-hybridized carbons (Fsp3) is 0.923. The average molecular weight is 240 g/mol. The molecule has 17 heavy (non-hydrogen) atoms. The summed E-state index contributed by atoms with van der Waals surface area (Å²) in [6.45, 7) is 4.89. The van der Waals surface area contributed by atoms with Crippen LogP contribution in [-0.4, -0.2) is 43.3 Å². The molecule has 1 aliphatic carbocycles. The third-order valence-electron chi connectivity index (χ3n) is 3.86. The molecule has 1 atom stereocenters. The van der Waals surface area contributed by atoms with E-state index in [0.717, 1.165) is 26.2 Å². The van der Waals surface area contributed by atoms with Crippen molar-refractivity contribution in [2.75, 3.05) is 26.3 Å². The lowest BCUT2D eigenvalue weighted by molar-refractivity contribution is -0.128. The predicted octanol–water partition coefficient (Wildman–Crippen LogP) is 1.36. The quantitative estimate of drug-likeness (QED) is 0.713. The summed E-state index contributed by atoms with van der Waals surface area (Å²) in [6.07, 6.45) is 6.43. The molecule has 1 saturated heterocycles. The lowest BCUT2D eigenvalue weighted by Crippen LogP contribution is -2.43. The van der Waals surface area contributed by atoms with E-state index in [2.05, 4.69) is 5.32 Å². The van der Waals surface area contributed by atoms with Crippen LogP contribution in [0, 0.1) is 5.92 Å². The zero-order chi connectivity index (χ0) is 12.1. The van der Waals surface area contributed by atoms with Crippen LogP contribution < -0.4 is 5.32 Å². The Morgan fingerprint density at radius 2 is 2.18 bits per heavy atom. The second kappa shape index (κ2) is 6.36. The number of carbonyl (C=O) groups is 1. The molecule has 1 aliphatic heterocycles. The van der Waals surface area contributed by atoms with Crippen molar-refractivity contribution in [1.82, 2.24) is 10.2 Å². The summed E-state index contributed by atoms with van der Waals surface area (Å²) in [5.41, 5.74) is 0. The molecule has 0 aromatic carbocycles. The fourth-order valence-corrected chi connectivity index (χ4v) is 3.00. The highest BCUT2D eigenvalue weighted by Crippen LogP contribution is 2.30. The second-order valence-electron chi connectivity index (χ2n) is 5.01. The van der Waals surface area contributed by atoms with Gasteiger partial charge in [0.2, 0.25) is 5.91 Å². The second-order valence-corrected chi connectivity index (χ2v) is 5.01. The maximum absolute atomic E-state index is 11.8. The van der Waals surface area contributed by atoms with E-state index in [0.29, 0.717) is 18.6 Å². The van der Waals surface area contributed by atoms with Crippen molar-refractivity contribution in [3.8, 4) is 0 Å². The molecule has 1 N–H and O–H groups in total. The maximum atomic E-state index is 11.8. The molecule has 1 heterocycles. The van der Waals surface area contributed by atoms with E-state index >= 15 is 0 Å². The molecule has 1 amide bonds. The summed E-state index contributed by atoms with van der Waals surface area (Å²) < 4.78 is 5.33. The number of nitrogens with zero attached hydrogens (tertiary/aromatic N) is 1. The predicted molar refractivity (Wildman–Crippen MR) is 66.6 cm³/mol. The van der Waals surface area contributed by atoms with Crippen molar-refractivity contribution in [3.05, 3.63) is 0 Å². The summed E-state index contributed by atoms with van der Waals surface area (Å²) in [5, 5.41) is 3.37. The van der Waals surface area contributed by atoms with Crippen LogP contribution in [0.5, 0.6) is 0 Å². The van der Waals surface area contributed by atoms with Gasteiger partial charge in [-0.1, -0.05) is 12.8 Å². The fourth-order valence-electron chi connectivity index (χ4n) is 3.00. The molecule has 0 aromatic rings. The van der Waals surface area contributed by atoms with Crippen LogP contribution in [0.4, 0.5) is 0 Å². The van der Waals surface area contributed by atoms with Gasteiger partial charge < -0.3 is 9.64 Å². The first-order valence-electron chi connectivity index (χ1n) is 6.93. The Hall–Kier alpha value is -0.610. The molecule has 0 aromatic heterocycles. The van der Waals surface area contributed by atoms with Gasteiger partial charge in [0.05, 0.1) is 12.7 Å². The topological polar surface area (TPSA) is 41.6 Å². The first kappa shape index (κ1) is 12.8.